The molecule has 3 unspecified atom stereocenters. The Bertz CT molecular complexity index is 293. The van der Waals surface area contributed by atoms with Gasteiger partial charge in [-0.2, -0.15) is 0 Å². The van der Waals surface area contributed by atoms with Gasteiger partial charge >= 0.3 is 0 Å². The number of rotatable bonds is 0. The van der Waals surface area contributed by atoms with Gasteiger partial charge in [0, 0.05) is 11.8 Å². The molecule has 2 nitrogen and oxygen atoms in total. The van der Waals surface area contributed by atoms with Crippen molar-refractivity contribution < 1.29 is 9.90 Å². The molecule has 2 rings (SSSR count). The first-order chi connectivity index (χ1) is 6.54. The van der Waals surface area contributed by atoms with E-state index in [0.717, 1.165) is 19.3 Å². The smallest absolute Gasteiger partial charge is 0.155 e. The average Bonchev–Trinajstić information content (AvgIpc) is 2.35. The minimum atomic E-state index is -0.221. The number of aliphatic hydroxyl groups excluding tert-OH is 1. The lowest BCUT2D eigenvalue weighted by Crippen LogP contribution is -2.32. The molecule has 0 amide bonds. The normalized spacial score (nSPS) is 43.1. The van der Waals surface area contributed by atoms with Gasteiger partial charge in [-0.15, -0.1) is 0 Å². The lowest BCUT2D eigenvalue weighted by atomic mass is 9.73. The van der Waals surface area contributed by atoms with Crippen LogP contribution in [0, 0.1) is 11.3 Å². The molecule has 0 aromatic heterocycles. The summed E-state index contributed by atoms with van der Waals surface area (Å²) in [4.78, 5) is 11.4. The van der Waals surface area contributed by atoms with Gasteiger partial charge in [-0.05, 0) is 38.2 Å². The second-order valence-corrected chi connectivity index (χ2v) is 5.01. The molecular formula is C12H18O2. The molecule has 0 bridgehead atoms. The Morgan fingerprint density at radius 2 is 2.21 bits per heavy atom. The van der Waals surface area contributed by atoms with E-state index in [-0.39, 0.29) is 17.3 Å². The third kappa shape index (κ3) is 1.33. The number of ketones is 1. The first kappa shape index (κ1) is 9.91. The molecular weight excluding hydrogens is 176 g/mol. The van der Waals surface area contributed by atoms with Gasteiger partial charge in [-0.1, -0.05) is 12.5 Å². The third-order valence-electron chi connectivity index (χ3n) is 4.13. The minimum Gasteiger partial charge on any atom is -0.393 e. The molecule has 0 heterocycles. The Hall–Kier alpha value is -0.630. The van der Waals surface area contributed by atoms with Crippen LogP contribution >= 0.6 is 0 Å². The summed E-state index contributed by atoms with van der Waals surface area (Å²) < 4.78 is 0. The van der Waals surface area contributed by atoms with Gasteiger partial charge in [-0.3, -0.25) is 4.79 Å². The first-order valence-corrected chi connectivity index (χ1v) is 5.43. The molecule has 78 valence electrons. The van der Waals surface area contributed by atoms with Crippen molar-refractivity contribution >= 4 is 5.78 Å². The number of fused-ring (bicyclic) bond motifs is 1. The van der Waals surface area contributed by atoms with Crippen molar-refractivity contribution in [2.75, 3.05) is 0 Å². The summed E-state index contributed by atoms with van der Waals surface area (Å²) in [6.07, 6.45) is 4.93. The fourth-order valence-electron chi connectivity index (χ4n) is 3.12. The molecule has 2 aliphatic rings. The van der Waals surface area contributed by atoms with Gasteiger partial charge < -0.3 is 5.11 Å². The highest BCUT2D eigenvalue weighted by Gasteiger charge is 2.47. The van der Waals surface area contributed by atoms with Crippen LogP contribution in [0.3, 0.4) is 0 Å². The van der Waals surface area contributed by atoms with Crippen LogP contribution in [0.2, 0.25) is 0 Å². The number of allylic oxidation sites excluding steroid dienone is 2. The molecule has 0 radical (unpaired) electrons. The average molecular weight is 194 g/mol. The molecule has 0 spiro atoms. The van der Waals surface area contributed by atoms with Crippen molar-refractivity contribution in [2.45, 2.75) is 45.6 Å². The van der Waals surface area contributed by atoms with Crippen LogP contribution in [0.4, 0.5) is 0 Å². The van der Waals surface area contributed by atoms with Crippen molar-refractivity contribution in [2.24, 2.45) is 11.3 Å². The zero-order valence-electron chi connectivity index (χ0n) is 8.92. The van der Waals surface area contributed by atoms with Crippen LogP contribution in [0.5, 0.6) is 0 Å². The summed E-state index contributed by atoms with van der Waals surface area (Å²) in [6, 6.07) is 0. The summed E-state index contributed by atoms with van der Waals surface area (Å²) in [7, 11) is 0. The molecule has 3 atom stereocenters. The van der Waals surface area contributed by atoms with Crippen LogP contribution in [0.15, 0.2) is 11.6 Å². The maximum absolute atomic E-state index is 11.4. The quantitative estimate of drug-likeness (QED) is 0.641. The van der Waals surface area contributed by atoms with Crippen molar-refractivity contribution in [3.63, 3.8) is 0 Å². The topological polar surface area (TPSA) is 37.3 Å². The van der Waals surface area contributed by atoms with Crippen LogP contribution in [-0.2, 0) is 4.79 Å². The Labute approximate surface area is 85.0 Å². The SMILES string of the molecule is CC1=CC(=O)CCC2(C)C(O)CCC12. The predicted octanol–water partition coefficient (Wildman–Crippen LogP) is 2.07. The summed E-state index contributed by atoms with van der Waals surface area (Å²) >= 11 is 0. The lowest BCUT2D eigenvalue weighted by Gasteiger charge is -2.33. The third-order valence-corrected chi connectivity index (χ3v) is 4.13. The maximum atomic E-state index is 11.4. The number of hydrogen-bond acceptors (Lipinski definition) is 2. The highest BCUT2D eigenvalue weighted by molar-refractivity contribution is 5.90. The summed E-state index contributed by atoms with van der Waals surface area (Å²) in [6.45, 7) is 4.16. The number of carbonyl (C=O) groups excluding carboxylic acids is 1. The Balaban J connectivity index is 2.35. The molecule has 1 saturated carbocycles. The molecule has 2 aliphatic carbocycles. The van der Waals surface area contributed by atoms with Crippen LogP contribution < -0.4 is 0 Å². The Kier molecular flexibility index (Phi) is 2.26. The van der Waals surface area contributed by atoms with E-state index in [2.05, 4.69) is 6.92 Å². The molecule has 0 saturated heterocycles. The van der Waals surface area contributed by atoms with Gasteiger partial charge in [0.25, 0.3) is 0 Å². The largest absolute Gasteiger partial charge is 0.393 e. The molecule has 0 aromatic rings. The van der Waals surface area contributed by atoms with E-state index in [0.29, 0.717) is 12.3 Å². The van der Waals surface area contributed by atoms with Gasteiger partial charge in [-0.25, -0.2) is 0 Å². The highest BCUT2D eigenvalue weighted by Crippen LogP contribution is 2.50. The second-order valence-electron chi connectivity index (χ2n) is 5.01. The molecule has 2 heteroatoms. The zero-order valence-corrected chi connectivity index (χ0v) is 8.92. The van der Waals surface area contributed by atoms with E-state index in [1.165, 1.54) is 5.57 Å². The highest BCUT2D eigenvalue weighted by atomic mass is 16.3. The van der Waals surface area contributed by atoms with E-state index >= 15 is 0 Å². The fourth-order valence-corrected chi connectivity index (χ4v) is 3.12. The van der Waals surface area contributed by atoms with Crippen molar-refractivity contribution in [3.05, 3.63) is 11.6 Å². The summed E-state index contributed by atoms with van der Waals surface area (Å²) in [5, 5.41) is 9.97. The standard InChI is InChI=1S/C12H18O2/c1-8-7-9(13)5-6-12(2)10(8)3-4-11(12)14/h7,10-11,14H,3-6H2,1-2H3. The van der Waals surface area contributed by atoms with Gasteiger partial charge in [0.1, 0.15) is 0 Å². The van der Waals surface area contributed by atoms with E-state index in [9.17, 15) is 9.90 Å². The molecule has 1 N–H and O–H groups in total. The van der Waals surface area contributed by atoms with Crippen molar-refractivity contribution in [3.8, 4) is 0 Å². The van der Waals surface area contributed by atoms with Gasteiger partial charge in [0.2, 0.25) is 0 Å². The minimum absolute atomic E-state index is 0.0489. The van der Waals surface area contributed by atoms with Gasteiger partial charge in [0.05, 0.1) is 6.10 Å². The van der Waals surface area contributed by atoms with Crippen LogP contribution in [0.25, 0.3) is 0 Å². The maximum Gasteiger partial charge on any atom is 0.155 e. The van der Waals surface area contributed by atoms with E-state index < -0.39 is 0 Å². The molecule has 0 aliphatic heterocycles. The summed E-state index contributed by atoms with van der Waals surface area (Å²) in [5.41, 5.74) is 1.12. The summed E-state index contributed by atoms with van der Waals surface area (Å²) in [5.74, 6) is 0.647. The zero-order chi connectivity index (χ0) is 10.3. The van der Waals surface area contributed by atoms with E-state index in [1.807, 2.05) is 6.92 Å². The number of carbonyl (C=O) groups is 1. The monoisotopic (exact) mass is 194 g/mol. The van der Waals surface area contributed by atoms with E-state index in [1.54, 1.807) is 6.08 Å². The molecule has 1 fully saturated rings. The second kappa shape index (κ2) is 3.20. The first-order valence-electron chi connectivity index (χ1n) is 5.43. The van der Waals surface area contributed by atoms with E-state index in [4.69, 9.17) is 0 Å². The van der Waals surface area contributed by atoms with Crippen LogP contribution in [-0.4, -0.2) is 17.0 Å². The molecule has 14 heavy (non-hydrogen) atoms. The van der Waals surface area contributed by atoms with Crippen molar-refractivity contribution in [1.82, 2.24) is 0 Å². The van der Waals surface area contributed by atoms with Gasteiger partial charge in [0.15, 0.2) is 5.78 Å². The lowest BCUT2D eigenvalue weighted by molar-refractivity contribution is -0.115. The van der Waals surface area contributed by atoms with Crippen LogP contribution in [0.1, 0.15) is 39.5 Å². The fraction of sp³-hybridized carbons (Fsp3) is 0.750. The number of hydrogen-bond donors (Lipinski definition) is 1. The Morgan fingerprint density at radius 1 is 1.50 bits per heavy atom. The molecule has 0 aromatic carbocycles. The Morgan fingerprint density at radius 3 is 2.93 bits per heavy atom. The predicted molar refractivity (Wildman–Crippen MR) is 54.8 cm³/mol. The number of aliphatic hydroxyl groups is 1. The van der Waals surface area contributed by atoms with Crippen molar-refractivity contribution in [1.29, 1.82) is 0 Å².